The van der Waals surface area contributed by atoms with E-state index in [1.54, 1.807) is 19.1 Å². The Morgan fingerprint density at radius 1 is 1.25 bits per heavy atom. The molecule has 3 rings (SSSR count). The molecule has 0 unspecified atom stereocenters. The highest BCUT2D eigenvalue weighted by molar-refractivity contribution is 7.89. The van der Waals surface area contributed by atoms with Gasteiger partial charge in [-0.15, -0.1) is 0 Å². The first kappa shape index (κ1) is 23.9. The molecule has 0 bridgehead atoms. The van der Waals surface area contributed by atoms with E-state index in [2.05, 4.69) is 4.72 Å². The maximum atomic E-state index is 13.1. The molecule has 0 saturated carbocycles. The molecule has 0 spiro atoms. The molecular weight excluding hydrogens is 465 g/mol. The molecule has 2 aromatic carbocycles. The average Bonchev–Trinajstić information content (AvgIpc) is 2.71. The lowest BCUT2D eigenvalue weighted by Gasteiger charge is -2.20. The normalized spacial score (nSPS) is 13.7. The molecule has 0 aliphatic rings. The molecule has 2 N–H and O–H groups in total. The molecule has 1 heterocycles. The van der Waals surface area contributed by atoms with Gasteiger partial charge in [-0.25, -0.2) is 17.6 Å². The predicted octanol–water partition coefficient (Wildman–Crippen LogP) is 2.67. The van der Waals surface area contributed by atoms with E-state index in [0.717, 1.165) is 30.3 Å². The SMILES string of the molecule is Cc1cc2oc(=O)cc(COC(=O)[C@H](NS(=O)(=O)c3ccc(F)cc3)[C@@H](C)O)c2cc1Cl. The lowest BCUT2D eigenvalue weighted by Crippen LogP contribution is -2.48. The van der Waals surface area contributed by atoms with Crippen LogP contribution in [0.25, 0.3) is 11.0 Å². The van der Waals surface area contributed by atoms with Gasteiger partial charge in [0.25, 0.3) is 0 Å². The minimum atomic E-state index is -4.26. The van der Waals surface area contributed by atoms with Crippen LogP contribution in [0, 0.1) is 12.7 Å². The third kappa shape index (κ3) is 5.33. The van der Waals surface area contributed by atoms with Crippen molar-refractivity contribution >= 4 is 38.6 Å². The molecule has 170 valence electrons. The number of aliphatic hydroxyl groups is 1. The van der Waals surface area contributed by atoms with Gasteiger partial charge in [0.2, 0.25) is 10.0 Å². The van der Waals surface area contributed by atoms with E-state index in [1.165, 1.54) is 6.92 Å². The second-order valence-corrected chi connectivity index (χ2v) is 9.21. The fraction of sp³-hybridized carbons (Fsp3) is 0.238. The summed E-state index contributed by atoms with van der Waals surface area (Å²) in [6.07, 6.45) is -1.45. The summed E-state index contributed by atoms with van der Waals surface area (Å²) in [6, 6.07) is 6.53. The van der Waals surface area contributed by atoms with E-state index >= 15 is 0 Å². The predicted molar refractivity (Wildman–Crippen MR) is 114 cm³/mol. The summed E-state index contributed by atoms with van der Waals surface area (Å²) < 4.78 is 50.5. The zero-order valence-corrected chi connectivity index (χ0v) is 18.5. The maximum absolute atomic E-state index is 13.1. The van der Waals surface area contributed by atoms with Gasteiger partial charge in [-0.2, -0.15) is 4.72 Å². The van der Waals surface area contributed by atoms with Crippen molar-refractivity contribution in [3.63, 3.8) is 0 Å². The Balaban J connectivity index is 1.82. The van der Waals surface area contributed by atoms with Crippen LogP contribution < -0.4 is 10.3 Å². The number of nitrogens with one attached hydrogen (secondary N) is 1. The van der Waals surface area contributed by atoms with Gasteiger partial charge in [-0.1, -0.05) is 11.6 Å². The number of halogens is 2. The summed E-state index contributed by atoms with van der Waals surface area (Å²) in [6.45, 7) is 2.53. The molecule has 0 aliphatic heterocycles. The van der Waals surface area contributed by atoms with E-state index in [9.17, 15) is 27.5 Å². The minimum Gasteiger partial charge on any atom is -0.460 e. The molecule has 3 aromatic rings. The number of carbonyl (C=O) groups excluding carboxylic acids is 1. The van der Waals surface area contributed by atoms with Crippen molar-refractivity contribution in [1.82, 2.24) is 4.72 Å². The number of sulfonamides is 1. The van der Waals surface area contributed by atoms with E-state index < -0.39 is 46.2 Å². The highest BCUT2D eigenvalue weighted by Crippen LogP contribution is 2.25. The van der Waals surface area contributed by atoms with Gasteiger partial charge in [0.15, 0.2) is 0 Å². The van der Waals surface area contributed by atoms with Gasteiger partial charge in [0.1, 0.15) is 24.0 Å². The summed E-state index contributed by atoms with van der Waals surface area (Å²) in [4.78, 5) is 24.1. The van der Waals surface area contributed by atoms with Gasteiger partial charge in [-0.05, 0) is 55.8 Å². The minimum absolute atomic E-state index is 0.245. The maximum Gasteiger partial charge on any atom is 0.336 e. The van der Waals surface area contributed by atoms with Crippen molar-refractivity contribution in [2.45, 2.75) is 37.5 Å². The van der Waals surface area contributed by atoms with Crippen LogP contribution in [0.1, 0.15) is 18.1 Å². The third-order valence-electron chi connectivity index (χ3n) is 4.62. The van der Waals surface area contributed by atoms with Crippen molar-refractivity contribution in [3.8, 4) is 0 Å². The topological polar surface area (TPSA) is 123 Å². The van der Waals surface area contributed by atoms with Crippen LogP contribution in [0.3, 0.4) is 0 Å². The number of esters is 1. The van der Waals surface area contributed by atoms with E-state index in [0.29, 0.717) is 16.0 Å². The first-order valence-corrected chi connectivity index (χ1v) is 11.2. The third-order valence-corrected chi connectivity index (χ3v) is 6.49. The second kappa shape index (κ2) is 9.37. The number of aliphatic hydroxyl groups excluding tert-OH is 1. The lowest BCUT2D eigenvalue weighted by molar-refractivity contribution is -0.149. The molecule has 0 amide bonds. The van der Waals surface area contributed by atoms with Crippen LogP contribution >= 0.6 is 11.6 Å². The Bertz CT molecular complexity index is 1320. The Morgan fingerprint density at radius 3 is 2.53 bits per heavy atom. The number of fused-ring (bicyclic) bond motifs is 1. The first-order valence-electron chi connectivity index (χ1n) is 9.33. The smallest absolute Gasteiger partial charge is 0.336 e. The van der Waals surface area contributed by atoms with Gasteiger partial charge in [0, 0.05) is 22.0 Å². The van der Waals surface area contributed by atoms with E-state index in [1.807, 2.05) is 0 Å². The molecule has 1 aromatic heterocycles. The Hall–Kier alpha value is -2.79. The number of aryl methyl sites for hydroxylation is 1. The molecular formula is C21H19ClFNO7S. The zero-order valence-electron chi connectivity index (χ0n) is 17.0. The number of benzene rings is 2. The fourth-order valence-electron chi connectivity index (χ4n) is 2.90. The van der Waals surface area contributed by atoms with Gasteiger partial charge >= 0.3 is 11.6 Å². The molecule has 0 saturated heterocycles. The van der Waals surface area contributed by atoms with Crippen LogP contribution in [0.4, 0.5) is 4.39 Å². The molecule has 0 radical (unpaired) electrons. The van der Waals surface area contributed by atoms with Crippen LogP contribution in [-0.2, 0) is 26.2 Å². The Morgan fingerprint density at radius 2 is 1.91 bits per heavy atom. The van der Waals surface area contributed by atoms with Crippen molar-refractivity contribution in [2.75, 3.05) is 0 Å². The molecule has 2 atom stereocenters. The molecule has 32 heavy (non-hydrogen) atoms. The number of ether oxygens (including phenoxy) is 1. The van der Waals surface area contributed by atoms with Crippen LogP contribution in [0.5, 0.6) is 0 Å². The standard InChI is InChI=1S/C21H19ClFNO7S/c1-11-7-18-16(9-17(11)22)13(8-19(26)31-18)10-30-21(27)20(12(2)25)24-32(28,29)15-5-3-14(23)4-6-15/h3-9,12,20,24-25H,10H2,1-2H3/t12-,20-/m1/s1. The van der Waals surface area contributed by atoms with Crippen molar-refractivity contribution in [1.29, 1.82) is 0 Å². The highest BCUT2D eigenvalue weighted by atomic mass is 35.5. The average molecular weight is 484 g/mol. The van der Waals surface area contributed by atoms with Gasteiger partial charge in [-0.3, -0.25) is 4.79 Å². The number of hydrogen-bond donors (Lipinski definition) is 2. The largest absolute Gasteiger partial charge is 0.460 e. The number of carbonyl (C=O) groups is 1. The van der Waals surface area contributed by atoms with Crippen molar-refractivity contribution in [2.24, 2.45) is 0 Å². The summed E-state index contributed by atoms with van der Waals surface area (Å²) in [5.41, 5.74) is 0.543. The quantitative estimate of drug-likeness (QED) is 0.391. The molecule has 0 aliphatic carbocycles. The summed E-state index contributed by atoms with van der Waals surface area (Å²) >= 11 is 6.13. The molecule has 0 fully saturated rings. The summed E-state index contributed by atoms with van der Waals surface area (Å²) in [5.74, 6) is -1.71. The van der Waals surface area contributed by atoms with E-state index in [-0.39, 0.29) is 16.0 Å². The first-order chi connectivity index (χ1) is 15.0. The second-order valence-electron chi connectivity index (χ2n) is 7.09. The molecule has 11 heteroatoms. The van der Waals surface area contributed by atoms with Crippen LogP contribution in [0.2, 0.25) is 5.02 Å². The summed E-state index contributed by atoms with van der Waals surface area (Å²) in [7, 11) is -4.26. The molecule has 8 nitrogen and oxygen atoms in total. The number of hydrogen-bond acceptors (Lipinski definition) is 7. The summed E-state index contributed by atoms with van der Waals surface area (Å²) in [5, 5.41) is 10.8. The fourth-order valence-corrected chi connectivity index (χ4v) is 4.32. The monoisotopic (exact) mass is 483 g/mol. The Kier molecular flexibility index (Phi) is 6.99. The van der Waals surface area contributed by atoms with Crippen LogP contribution in [-0.4, -0.2) is 31.6 Å². The van der Waals surface area contributed by atoms with E-state index in [4.69, 9.17) is 20.8 Å². The highest BCUT2D eigenvalue weighted by Gasteiger charge is 2.31. The van der Waals surface area contributed by atoms with Crippen molar-refractivity contribution < 1.29 is 31.9 Å². The van der Waals surface area contributed by atoms with Gasteiger partial charge in [0.05, 0.1) is 11.0 Å². The van der Waals surface area contributed by atoms with Crippen LogP contribution in [0.15, 0.2) is 56.6 Å². The van der Waals surface area contributed by atoms with Crippen molar-refractivity contribution in [3.05, 3.63) is 74.9 Å². The van der Waals surface area contributed by atoms with Gasteiger partial charge < -0.3 is 14.3 Å². The lowest BCUT2D eigenvalue weighted by atomic mass is 10.1. The number of rotatable bonds is 7. The Labute approximate surface area is 187 Å². The zero-order chi connectivity index (χ0) is 23.6.